The summed E-state index contributed by atoms with van der Waals surface area (Å²) in [7, 11) is 0. The van der Waals surface area contributed by atoms with Crippen LogP contribution in [0.3, 0.4) is 0 Å². The highest BCUT2D eigenvalue weighted by Gasteiger charge is 2.17. The number of allylic oxidation sites excluding steroid dienone is 2. The van der Waals surface area contributed by atoms with Gasteiger partial charge in [0.05, 0.1) is 0 Å². The lowest BCUT2D eigenvalue weighted by Gasteiger charge is -2.15. The van der Waals surface area contributed by atoms with Crippen LogP contribution in [0.5, 0.6) is 0 Å². The summed E-state index contributed by atoms with van der Waals surface area (Å²) in [5.74, 6) is 2.19. The minimum absolute atomic E-state index is 0.204. The molecular formula is C11H21OS+. The third kappa shape index (κ3) is 4.72. The third-order valence-electron chi connectivity index (χ3n) is 2.51. The van der Waals surface area contributed by atoms with Gasteiger partial charge in [0, 0.05) is 0 Å². The van der Waals surface area contributed by atoms with Crippen molar-refractivity contribution in [2.75, 3.05) is 18.6 Å². The highest BCUT2D eigenvalue weighted by atomic mass is 32.2. The molecule has 0 aromatic heterocycles. The Hall–Kier alpha value is 0.0500. The molecule has 2 heteroatoms. The molecule has 0 aromatic carbocycles. The van der Waals surface area contributed by atoms with Gasteiger partial charge in [-0.2, -0.15) is 4.18 Å². The zero-order valence-electron chi connectivity index (χ0n) is 8.79. The molecule has 0 fully saturated rings. The molecule has 0 heterocycles. The van der Waals surface area contributed by atoms with Crippen molar-refractivity contribution >= 4 is 11.2 Å². The summed E-state index contributed by atoms with van der Waals surface area (Å²) >= 11 is 0.204. The van der Waals surface area contributed by atoms with Crippen molar-refractivity contribution in [1.29, 1.82) is 0 Å². The normalized spacial score (nSPS) is 24.6. The summed E-state index contributed by atoms with van der Waals surface area (Å²) in [6.07, 6.45) is 12.2. The Balaban J connectivity index is 2.07. The van der Waals surface area contributed by atoms with E-state index in [1.807, 2.05) is 0 Å². The van der Waals surface area contributed by atoms with E-state index in [1.54, 1.807) is 0 Å². The Morgan fingerprint density at radius 3 is 2.92 bits per heavy atom. The van der Waals surface area contributed by atoms with Gasteiger partial charge in [-0.3, -0.25) is 0 Å². The van der Waals surface area contributed by atoms with Gasteiger partial charge in [-0.15, -0.1) is 0 Å². The molecule has 0 spiro atoms. The highest BCUT2D eigenvalue weighted by molar-refractivity contribution is 7.91. The first-order valence-electron chi connectivity index (χ1n) is 5.23. The first kappa shape index (κ1) is 11.1. The molecular weight excluding hydrogens is 180 g/mol. The molecule has 1 rings (SSSR count). The number of rotatable bonds is 5. The Morgan fingerprint density at radius 1 is 1.46 bits per heavy atom. The monoisotopic (exact) mass is 201 g/mol. The third-order valence-corrected chi connectivity index (χ3v) is 3.96. The second kappa shape index (κ2) is 6.50. The van der Waals surface area contributed by atoms with Crippen molar-refractivity contribution in [2.45, 2.75) is 32.6 Å². The van der Waals surface area contributed by atoms with E-state index in [-0.39, 0.29) is 11.2 Å². The van der Waals surface area contributed by atoms with E-state index in [9.17, 15) is 0 Å². The van der Waals surface area contributed by atoms with Crippen LogP contribution in [0, 0.1) is 5.92 Å². The lowest BCUT2D eigenvalue weighted by atomic mass is 9.92. The topological polar surface area (TPSA) is 9.23 Å². The number of hydrogen-bond acceptors (Lipinski definition) is 1. The lowest BCUT2D eigenvalue weighted by molar-refractivity contribution is 0.385. The standard InChI is InChI=1S/C11H21OS/c1-3-12-13(2)10-9-11-7-5-4-6-8-11/h4-5,11H,3,6-10H2,1-2H3/q+1. The molecule has 0 aliphatic heterocycles. The van der Waals surface area contributed by atoms with Gasteiger partial charge >= 0.3 is 0 Å². The molecule has 0 amide bonds. The quantitative estimate of drug-likeness (QED) is 0.491. The van der Waals surface area contributed by atoms with Crippen molar-refractivity contribution in [1.82, 2.24) is 0 Å². The molecule has 0 bridgehead atoms. The van der Waals surface area contributed by atoms with Crippen molar-refractivity contribution in [3.63, 3.8) is 0 Å². The molecule has 2 unspecified atom stereocenters. The molecule has 1 nitrogen and oxygen atoms in total. The van der Waals surface area contributed by atoms with Gasteiger partial charge in [-0.1, -0.05) is 12.2 Å². The maximum absolute atomic E-state index is 5.54. The molecule has 0 N–H and O–H groups in total. The average molecular weight is 201 g/mol. The van der Waals surface area contributed by atoms with Gasteiger partial charge in [0.15, 0.2) is 0 Å². The Labute approximate surface area is 85.1 Å². The second-order valence-electron chi connectivity index (χ2n) is 3.62. The minimum Gasteiger partial charge on any atom is -0.175 e. The van der Waals surface area contributed by atoms with Crippen molar-refractivity contribution in [3.05, 3.63) is 12.2 Å². The Kier molecular flexibility index (Phi) is 5.56. The van der Waals surface area contributed by atoms with Crippen molar-refractivity contribution in [3.8, 4) is 0 Å². The summed E-state index contributed by atoms with van der Waals surface area (Å²) in [6.45, 7) is 2.94. The molecule has 0 radical (unpaired) electrons. The average Bonchev–Trinajstić information content (AvgIpc) is 2.17. The van der Waals surface area contributed by atoms with Crippen LogP contribution in [-0.4, -0.2) is 18.6 Å². The van der Waals surface area contributed by atoms with E-state index in [0.717, 1.165) is 12.5 Å². The van der Waals surface area contributed by atoms with Crippen LogP contribution in [0.4, 0.5) is 0 Å². The summed E-state index contributed by atoms with van der Waals surface area (Å²) < 4.78 is 5.54. The Morgan fingerprint density at radius 2 is 2.31 bits per heavy atom. The second-order valence-corrected chi connectivity index (χ2v) is 5.41. The minimum atomic E-state index is 0.204. The van der Waals surface area contributed by atoms with Gasteiger partial charge in [0.2, 0.25) is 0 Å². The SMILES string of the molecule is CCO[S+](C)CCC1CC=CCC1. The maximum Gasteiger partial charge on any atom is 0.143 e. The van der Waals surface area contributed by atoms with Crippen molar-refractivity contribution in [2.24, 2.45) is 5.92 Å². The van der Waals surface area contributed by atoms with Crippen LogP contribution < -0.4 is 0 Å². The van der Waals surface area contributed by atoms with Gasteiger partial charge in [0.25, 0.3) is 0 Å². The van der Waals surface area contributed by atoms with E-state index < -0.39 is 0 Å². The molecule has 76 valence electrons. The van der Waals surface area contributed by atoms with Crippen molar-refractivity contribution < 1.29 is 4.18 Å². The van der Waals surface area contributed by atoms with Crippen LogP contribution in [-0.2, 0) is 15.4 Å². The fourth-order valence-electron chi connectivity index (χ4n) is 1.71. The first-order chi connectivity index (χ1) is 6.33. The van der Waals surface area contributed by atoms with E-state index >= 15 is 0 Å². The molecule has 0 saturated heterocycles. The molecule has 1 aliphatic rings. The molecule has 0 saturated carbocycles. The van der Waals surface area contributed by atoms with Gasteiger partial charge in [-0.05, 0) is 38.5 Å². The summed E-state index contributed by atoms with van der Waals surface area (Å²) in [6, 6.07) is 0. The van der Waals surface area contributed by atoms with E-state index in [0.29, 0.717) is 0 Å². The maximum atomic E-state index is 5.54. The van der Waals surface area contributed by atoms with Gasteiger partial charge in [-0.25, -0.2) is 0 Å². The van der Waals surface area contributed by atoms with E-state index in [1.165, 1.54) is 31.4 Å². The Bertz CT molecular complexity index is 156. The fourth-order valence-corrected chi connectivity index (χ4v) is 2.90. The summed E-state index contributed by atoms with van der Waals surface area (Å²) in [5.41, 5.74) is 0. The summed E-state index contributed by atoms with van der Waals surface area (Å²) in [5, 5.41) is 0. The zero-order valence-corrected chi connectivity index (χ0v) is 9.61. The van der Waals surface area contributed by atoms with Crippen LogP contribution in [0.2, 0.25) is 0 Å². The van der Waals surface area contributed by atoms with Gasteiger partial charge < -0.3 is 0 Å². The predicted molar refractivity (Wildman–Crippen MR) is 60.9 cm³/mol. The fraction of sp³-hybridized carbons (Fsp3) is 0.818. The largest absolute Gasteiger partial charge is 0.175 e. The molecule has 2 atom stereocenters. The molecule has 0 aromatic rings. The first-order valence-corrected chi connectivity index (χ1v) is 6.96. The van der Waals surface area contributed by atoms with E-state index in [4.69, 9.17) is 4.18 Å². The number of hydrogen-bond donors (Lipinski definition) is 0. The zero-order chi connectivity index (χ0) is 9.52. The van der Waals surface area contributed by atoms with E-state index in [2.05, 4.69) is 25.3 Å². The van der Waals surface area contributed by atoms with Crippen LogP contribution in [0.25, 0.3) is 0 Å². The van der Waals surface area contributed by atoms with Crippen LogP contribution in [0.15, 0.2) is 12.2 Å². The smallest absolute Gasteiger partial charge is 0.143 e. The van der Waals surface area contributed by atoms with Crippen LogP contribution >= 0.6 is 0 Å². The van der Waals surface area contributed by atoms with Crippen LogP contribution in [0.1, 0.15) is 32.6 Å². The predicted octanol–water partition coefficient (Wildman–Crippen LogP) is 2.93. The summed E-state index contributed by atoms with van der Waals surface area (Å²) in [4.78, 5) is 0. The lowest BCUT2D eigenvalue weighted by Crippen LogP contribution is -2.13. The van der Waals surface area contributed by atoms with Gasteiger partial charge in [0.1, 0.15) is 29.8 Å². The highest BCUT2D eigenvalue weighted by Crippen LogP contribution is 2.22. The molecule has 1 aliphatic carbocycles. The molecule has 13 heavy (non-hydrogen) atoms.